The van der Waals surface area contributed by atoms with Gasteiger partial charge in [0.15, 0.2) is 0 Å². The molecule has 3 rings (SSSR count). The van der Waals surface area contributed by atoms with E-state index in [0.29, 0.717) is 6.10 Å². The van der Waals surface area contributed by atoms with Crippen LogP contribution in [-0.2, 0) is 17.7 Å². The number of hydrogen-bond donors (Lipinski definition) is 1. The SMILES string of the molecule is CCN1CCOC(CN2CCc3c(N)cccc3C2)C1. The first kappa shape index (κ1) is 13.9. The Morgan fingerprint density at radius 3 is 3.05 bits per heavy atom. The highest BCUT2D eigenvalue weighted by Gasteiger charge is 2.24. The molecule has 2 aliphatic heterocycles. The number of hydrogen-bond acceptors (Lipinski definition) is 4. The molecule has 4 heteroatoms. The molecule has 1 saturated heterocycles. The first-order valence-electron chi connectivity index (χ1n) is 7.69. The van der Waals surface area contributed by atoms with Crippen LogP contribution in [0.15, 0.2) is 18.2 Å². The number of nitrogens with zero attached hydrogens (tertiary/aromatic N) is 2. The summed E-state index contributed by atoms with van der Waals surface area (Å²) in [6.45, 7) is 9.49. The Bertz CT molecular complexity index is 463. The van der Waals surface area contributed by atoms with Crippen LogP contribution in [0.4, 0.5) is 5.69 Å². The number of ether oxygens (including phenoxy) is 1. The number of likely N-dealkylation sites (N-methyl/N-ethyl adjacent to an activating group) is 1. The average Bonchev–Trinajstić information content (AvgIpc) is 2.47. The lowest BCUT2D eigenvalue weighted by Crippen LogP contribution is -2.48. The zero-order valence-corrected chi connectivity index (χ0v) is 12.3. The Hall–Kier alpha value is -1.10. The molecular weight excluding hydrogens is 250 g/mol. The average molecular weight is 275 g/mol. The van der Waals surface area contributed by atoms with Crippen molar-refractivity contribution in [3.05, 3.63) is 29.3 Å². The molecule has 0 bridgehead atoms. The van der Waals surface area contributed by atoms with Gasteiger partial charge in [0.05, 0.1) is 12.7 Å². The van der Waals surface area contributed by atoms with Gasteiger partial charge in [0.2, 0.25) is 0 Å². The number of morpholine rings is 1. The van der Waals surface area contributed by atoms with Crippen molar-refractivity contribution in [3.8, 4) is 0 Å². The highest BCUT2D eigenvalue weighted by Crippen LogP contribution is 2.24. The summed E-state index contributed by atoms with van der Waals surface area (Å²) in [7, 11) is 0. The predicted octanol–water partition coefficient (Wildman–Crippen LogP) is 1.35. The Morgan fingerprint density at radius 2 is 2.20 bits per heavy atom. The largest absolute Gasteiger partial charge is 0.398 e. The molecule has 2 heterocycles. The van der Waals surface area contributed by atoms with Crippen LogP contribution in [0.1, 0.15) is 18.1 Å². The monoisotopic (exact) mass is 275 g/mol. The summed E-state index contributed by atoms with van der Waals surface area (Å²) in [4.78, 5) is 4.98. The van der Waals surface area contributed by atoms with Crippen LogP contribution in [-0.4, -0.2) is 55.2 Å². The predicted molar refractivity (Wildman–Crippen MR) is 81.7 cm³/mol. The third-order valence-electron chi connectivity index (χ3n) is 4.51. The molecule has 1 aromatic rings. The van der Waals surface area contributed by atoms with Crippen LogP contribution in [0, 0.1) is 0 Å². The summed E-state index contributed by atoms with van der Waals surface area (Å²) in [5, 5.41) is 0. The van der Waals surface area contributed by atoms with Crippen LogP contribution >= 0.6 is 0 Å². The fourth-order valence-electron chi connectivity index (χ4n) is 3.32. The minimum Gasteiger partial charge on any atom is -0.398 e. The van der Waals surface area contributed by atoms with Gasteiger partial charge in [-0.2, -0.15) is 0 Å². The molecule has 0 aromatic heterocycles. The fraction of sp³-hybridized carbons (Fsp3) is 0.625. The number of rotatable bonds is 3. The van der Waals surface area contributed by atoms with Crippen LogP contribution in [0.25, 0.3) is 0 Å². The Kier molecular flexibility index (Phi) is 4.24. The van der Waals surface area contributed by atoms with E-state index in [1.54, 1.807) is 0 Å². The highest BCUT2D eigenvalue weighted by atomic mass is 16.5. The van der Waals surface area contributed by atoms with E-state index in [4.69, 9.17) is 10.5 Å². The zero-order chi connectivity index (χ0) is 13.9. The lowest BCUT2D eigenvalue weighted by atomic mass is 9.98. The number of anilines is 1. The second-order valence-corrected chi connectivity index (χ2v) is 5.86. The van der Waals surface area contributed by atoms with Gasteiger partial charge in [-0.25, -0.2) is 0 Å². The Balaban J connectivity index is 1.60. The summed E-state index contributed by atoms with van der Waals surface area (Å²) in [5.41, 5.74) is 9.75. The molecule has 1 fully saturated rings. The van der Waals surface area contributed by atoms with E-state index in [-0.39, 0.29) is 0 Å². The third kappa shape index (κ3) is 2.97. The summed E-state index contributed by atoms with van der Waals surface area (Å²) in [6, 6.07) is 6.28. The maximum atomic E-state index is 6.06. The van der Waals surface area contributed by atoms with Crippen molar-refractivity contribution < 1.29 is 4.74 Å². The van der Waals surface area contributed by atoms with Crippen molar-refractivity contribution >= 4 is 5.69 Å². The Labute approximate surface area is 121 Å². The third-order valence-corrected chi connectivity index (χ3v) is 4.51. The van der Waals surface area contributed by atoms with Crippen molar-refractivity contribution in [1.29, 1.82) is 0 Å². The standard InChI is InChI=1S/C16H25N3O/c1-2-18-8-9-20-14(11-18)12-19-7-6-15-13(10-19)4-3-5-16(15)17/h3-5,14H,2,6-12,17H2,1H3. The lowest BCUT2D eigenvalue weighted by molar-refractivity contribution is -0.0434. The molecule has 2 N–H and O–H groups in total. The lowest BCUT2D eigenvalue weighted by Gasteiger charge is -2.37. The van der Waals surface area contributed by atoms with Gasteiger partial charge in [0.1, 0.15) is 0 Å². The fourth-order valence-corrected chi connectivity index (χ4v) is 3.32. The summed E-state index contributed by atoms with van der Waals surface area (Å²) in [6.07, 6.45) is 1.41. The maximum absolute atomic E-state index is 6.06. The van der Waals surface area contributed by atoms with E-state index in [1.807, 2.05) is 6.07 Å². The number of nitrogens with two attached hydrogens (primary N) is 1. The van der Waals surface area contributed by atoms with Crippen molar-refractivity contribution in [2.24, 2.45) is 0 Å². The molecule has 0 radical (unpaired) electrons. The molecule has 0 saturated carbocycles. The van der Waals surface area contributed by atoms with E-state index in [2.05, 4.69) is 28.9 Å². The molecule has 1 unspecified atom stereocenters. The number of nitrogen functional groups attached to an aromatic ring is 1. The van der Waals surface area contributed by atoms with Gasteiger partial charge in [-0.3, -0.25) is 9.80 Å². The van der Waals surface area contributed by atoms with Crippen LogP contribution in [0.5, 0.6) is 0 Å². The zero-order valence-electron chi connectivity index (χ0n) is 12.3. The van der Waals surface area contributed by atoms with Crippen LogP contribution < -0.4 is 5.73 Å². The molecule has 0 aliphatic carbocycles. The van der Waals surface area contributed by atoms with Gasteiger partial charge in [0.25, 0.3) is 0 Å². The minimum absolute atomic E-state index is 0.353. The van der Waals surface area contributed by atoms with Crippen LogP contribution in [0.2, 0.25) is 0 Å². The minimum atomic E-state index is 0.353. The smallest absolute Gasteiger partial charge is 0.0829 e. The van der Waals surface area contributed by atoms with E-state index in [0.717, 1.165) is 58.0 Å². The molecule has 2 aliphatic rings. The second-order valence-electron chi connectivity index (χ2n) is 5.86. The van der Waals surface area contributed by atoms with E-state index in [9.17, 15) is 0 Å². The summed E-state index contributed by atoms with van der Waals surface area (Å²) in [5.74, 6) is 0. The van der Waals surface area contributed by atoms with E-state index < -0.39 is 0 Å². The van der Waals surface area contributed by atoms with Crippen molar-refractivity contribution in [2.45, 2.75) is 26.0 Å². The molecule has 1 aromatic carbocycles. The number of benzene rings is 1. The highest BCUT2D eigenvalue weighted by molar-refractivity contribution is 5.51. The van der Waals surface area contributed by atoms with Crippen molar-refractivity contribution in [2.75, 3.05) is 45.1 Å². The second kappa shape index (κ2) is 6.12. The maximum Gasteiger partial charge on any atom is 0.0829 e. The van der Waals surface area contributed by atoms with Gasteiger partial charge in [-0.15, -0.1) is 0 Å². The topological polar surface area (TPSA) is 41.7 Å². The first-order chi connectivity index (χ1) is 9.76. The molecular formula is C16H25N3O. The van der Waals surface area contributed by atoms with Gasteiger partial charge < -0.3 is 10.5 Å². The summed E-state index contributed by atoms with van der Waals surface area (Å²) < 4.78 is 5.92. The molecule has 110 valence electrons. The quantitative estimate of drug-likeness (QED) is 0.846. The van der Waals surface area contributed by atoms with Gasteiger partial charge in [0, 0.05) is 38.4 Å². The van der Waals surface area contributed by atoms with E-state index >= 15 is 0 Å². The van der Waals surface area contributed by atoms with Crippen molar-refractivity contribution in [1.82, 2.24) is 9.80 Å². The summed E-state index contributed by atoms with van der Waals surface area (Å²) >= 11 is 0. The molecule has 0 spiro atoms. The first-order valence-corrected chi connectivity index (χ1v) is 7.69. The van der Waals surface area contributed by atoms with Gasteiger partial charge in [-0.05, 0) is 30.2 Å². The normalized spacial score (nSPS) is 24.6. The molecule has 20 heavy (non-hydrogen) atoms. The Morgan fingerprint density at radius 1 is 1.30 bits per heavy atom. The van der Waals surface area contributed by atoms with Gasteiger partial charge in [-0.1, -0.05) is 19.1 Å². The molecule has 0 amide bonds. The van der Waals surface area contributed by atoms with Gasteiger partial charge >= 0.3 is 0 Å². The van der Waals surface area contributed by atoms with E-state index in [1.165, 1.54) is 11.1 Å². The molecule has 4 nitrogen and oxygen atoms in total. The molecule has 1 atom stereocenters. The van der Waals surface area contributed by atoms with Crippen molar-refractivity contribution in [3.63, 3.8) is 0 Å². The number of fused-ring (bicyclic) bond motifs is 1. The van der Waals surface area contributed by atoms with Crippen LogP contribution in [0.3, 0.4) is 0 Å².